The minimum absolute atomic E-state index is 0.0519. The number of nitrogens with one attached hydrogen (secondary N) is 1. The third kappa shape index (κ3) is 5.85. The molecule has 0 spiro atoms. The number of hydrogen-bond donors (Lipinski definition) is 1. The van der Waals surface area contributed by atoms with E-state index in [1.165, 1.54) is 23.7 Å². The van der Waals surface area contributed by atoms with Gasteiger partial charge >= 0.3 is 0 Å². The Hall–Kier alpha value is -3.06. The third-order valence-electron chi connectivity index (χ3n) is 5.90. The zero-order valence-corrected chi connectivity index (χ0v) is 20.0. The largest absolute Gasteiger partial charge is 0.351 e. The van der Waals surface area contributed by atoms with Crippen LogP contribution < -0.4 is 5.32 Å². The van der Waals surface area contributed by atoms with Crippen molar-refractivity contribution in [2.45, 2.75) is 44.8 Å². The molecule has 1 saturated heterocycles. The molecule has 33 heavy (non-hydrogen) atoms. The zero-order valence-electron chi connectivity index (χ0n) is 19.2. The highest BCUT2D eigenvalue weighted by Crippen LogP contribution is 2.23. The van der Waals surface area contributed by atoms with Gasteiger partial charge in [-0.3, -0.25) is 14.2 Å². The van der Waals surface area contributed by atoms with Crippen LogP contribution in [0, 0.1) is 13.8 Å². The van der Waals surface area contributed by atoms with Crippen LogP contribution >= 0.6 is 11.8 Å². The Labute approximate surface area is 199 Å². The first kappa shape index (κ1) is 23.1. The van der Waals surface area contributed by atoms with E-state index < -0.39 is 0 Å². The van der Waals surface area contributed by atoms with Crippen molar-refractivity contribution in [3.63, 3.8) is 0 Å². The van der Waals surface area contributed by atoms with Crippen molar-refractivity contribution in [1.29, 1.82) is 0 Å². The van der Waals surface area contributed by atoms with Gasteiger partial charge in [0.15, 0.2) is 5.16 Å². The highest BCUT2D eigenvalue weighted by atomic mass is 32.2. The number of carbonyl (C=O) groups is 2. The van der Waals surface area contributed by atoms with Crippen molar-refractivity contribution < 1.29 is 9.59 Å². The van der Waals surface area contributed by atoms with E-state index in [-0.39, 0.29) is 17.6 Å². The van der Waals surface area contributed by atoms with Crippen molar-refractivity contribution in [1.82, 2.24) is 19.8 Å². The number of aromatic nitrogens is 2. The van der Waals surface area contributed by atoms with Crippen molar-refractivity contribution >= 4 is 23.6 Å². The lowest BCUT2D eigenvalue weighted by molar-refractivity contribution is -0.118. The number of aryl methyl sites for hydroxylation is 2. The molecule has 0 atom stereocenters. The number of benzene rings is 2. The summed E-state index contributed by atoms with van der Waals surface area (Å²) >= 11 is 1.42. The molecule has 1 N–H and O–H groups in total. The van der Waals surface area contributed by atoms with Crippen LogP contribution in [-0.4, -0.2) is 45.1 Å². The van der Waals surface area contributed by atoms with E-state index in [4.69, 9.17) is 0 Å². The Morgan fingerprint density at radius 3 is 2.55 bits per heavy atom. The van der Waals surface area contributed by atoms with Gasteiger partial charge in [-0.25, -0.2) is 4.98 Å². The Morgan fingerprint density at radius 2 is 1.79 bits per heavy atom. The molecule has 172 valence electrons. The predicted octanol–water partition coefficient (Wildman–Crippen LogP) is 4.52. The average Bonchev–Trinajstić information content (AvgIpc) is 3.32. The second kappa shape index (κ2) is 10.7. The van der Waals surface area contributed by atoms with Crippen molar-refractivity contribution in [3.8, 4) is 5.69 Å². The molecule has 2 amide bonds. The molecule has 7 heteroatoms. The van der Waals surface area contributed by atoms with Crippen LogP contribution in [0.25, 0.3) is 5.69 Å². The summed E-state index contributed by atoms with van der Waals surface area (Å²) in [6.07, 6.45) is 7.05. The molecule has 1 aromatic heterocycles. The number of hydrogen-bond acceptors (Lipinski definition) is 4. The minimum Gasteiger partial charge on any atom is -0.351 e. The Kier molecular flexibility index (Phi) is 7.50. The lowest BCUT2D eigenvalue weighted by atomic mass is 10.1. The first-order valence-corrected chi connectivity index (χ1v) is 12.4. The van der Waals surface area contributed by atoms with Crippen molar-refractivity contribution in [3.05, 3.63) is 77.1 Å². The predicted molar refractivity (Wildman–Crippen MR) is 132 cm³/mol. The van der Waals surface area contributed by atoms with Crippen LogP contribution in [0.3, 0.4) is 0 Å². The quantitative estimate of drug-likeness (QED) is 0.524. The van der Waals surface area contributed by atoms with Gasteiger partial charge in [0.2, 0.25) is 5.91 Å². The molecule has 0 aliphatic carbocycles. The van der Waals surface area contributed by atoms with Gasteiger partial charge in [0.1, 0.15) is 0 Å². The molecule has 0 saturated carbocycles. The molecule has 2 aromatic carbocycles. The van der Waals surface area contributed by atoms with E-state index in [1.807, 2.05) is 39.9 Å². The van der Waals surface area contributed by atoms with Gasteiger partial charge < -0.3 is 10.2 Å². The summed E-state index contributed by atoms with van der Waals surface area (Å²) < 4.78 is 2.03. The molecule has 0 unspecified atom stereocenters. The summed E-state index contributed by atoms with van der Waals surface area (Å²) in [5.41, 5.74) is 5.10. The number of rotatable bonds is 7. The number of carbonyl (C=O) groups excluding carboxylic acids is 2. The lowest BCUT2D eigenvalue weighted by Crippen LogP contribution is -2.35. The maximum atomic E-state index is 12.6. The number of likely N-dealkylation sites (tertiary alicyclic amines) is 1. The fourth-order valence-corrected chi connectivity index (χ4v) is 4.78. The van der Waals surface area contributed by atoms with Gasteiger partial charge in [-0.05, 0) is 68.0 Å². The summed E-state index contributed by atoms with van der Waals surface area (Å²) in [6, 6.07) is 13.8. The van der Waals surface area contributed by atoms with Crippen LogP contribution in [-0.2, 0) is 11.3 Å². The van der Waals surface area contributed by atoms with E-state index in [1.54, 1.807) is 6.20 Å². The second-order valence-electron chi connectivity index (χ2n) is 8.48. The van der Waals surface area contributed by atoms with E-state index in [0.717, 1.165) is 47.9 Å². The number of nitrogens with zero attached hydrogens (tertiary/aromatic N) is 3. The molecule has 1 aliphatic heterocycles. The van der Waals surface area contributed by atoms with Gasteiger partial charge in [-0.2, -0.15) is 0 Å². The fourth-order valence-electron chi connectivity index (χ4n) is 3.99. The zero-order chi connectivity index (χ0) is 23.2. The van der Waals surface area contributed by atoms with Gasteiger partial charge in [-0.15, -0.1) is 0 Å². The number of thioether (sulfide) groups is 1. The monoisotopic (exact) mass is 462 g/mol. The van der Waals surface area contributed by atoms with Crippen LogP contribution in [0.15, 0.2) is 60.0 Å². The fraction of sp³-hybridized carbons (Fsp3) is 0.346. The Bertz CT molecular complexity index is 1120. The molecule has 4 rings (SSSR count). The SMILES string of the molecule is Cc1ccc(C)c(-n2ccnc2SCC(=O)NCc2ccc(C(=O)N3CCCCC3)cc2)c1. The Balaban J connectivity index is 1.29. The van der Waals surface area contributed by atoms with Crippen LogP contribution in [0.4, 0.5) is 0 Å². The Morgan fingerprint density at radius 1 is 1.03 bits per heavy atom. The normalized spacial score (nSPS) is 13.7. The lowest BCUT2D eigenvalue weighted by Gasteiger charge is -2.26. The maximum absolute atomic E-state index is 12.6. The molecule has 1 aliphatic rings. The number of piperidine rings is 1. The van der Waals surface area contributed by atoms with E-state index in [0.29, 0.717) is 12.1 Å². The number of amides is 2. The molecular formula is C26H30N4O2S. The molecular weight excluding hydrogens is 432 g/mol. The van der Waals surface area contributed by atoms with Gasteiger partial charge in [0.05, 0.1) is 11.4 Å². The summed E-state index contributed by atoms with van der Waals surface area (Å²) in [5, 5.41) is 3.75. The van der Waals surface area contributed by atoms with Crippen LogP contribution in [0.5, 0.6) is 0 Å². The summed E-state index contributed by atoms with van der Waals surface area (Å²) in [4.78, 5) is 31.4. The average molecular weight is 463 g/mol. The van der Waals surface area contributed by atoms with E-state index >= 15 is 0 Å². The number of imidazole rings is 1. The van der Waals surface area contributed by atoms with Gasteiger partial charge in [0.25, 0.3) is 5.91 Å². The van der Waals surface area contributed by atoms with Crippen LogP contribution in [0.2, 0.25) is 0 Å². The maximum Gasteiger partial charge on any atom is 0.253 e. The first-order chi connectivity index (χ1) is 16.0. The van der Waals surface area contributed by atoms with E-state index in [9.17, 15) is 9.59 Å². The van der Waals surface area contributed by atoms with Gasteiger partial charge in [0, 0.05) is 37.6 Å². The smallest absolute Gasteiger partial charge is 0.253 e. The van der Waals surface area contributed by atoms with Crippen molar-refractivity contribution in [2.75, 3.05) is 18.8 Å². The highest BCUT2D eigenvalue weighted by molar-refractivity contribution is 7.99. The molecule has 1 fully saturated rings. The first-order valence-electron chi connectivity index (χ1n) is 11.4. The summed E-state index contributed by atoms with van der Waals surface area (Å²) in [7, 11) is 0. The molecule has 2 heterocycles. The molecule has 0 bridgehead atoms. The summed E-state index contributed by atoms with van der Waals surface area (Å²) in [5.74, 6) is 0.331. The molecule has 3 aromatic rings. The van der Waals surface area contributed by atoms with Gasteiger partial charge in [-0.1, -0.05) is 36.0 Å². The molecule has 0 radical (unpaired) electrons. The van der Waals surface area contributed by atoms with Crippen LogP contribution in [0.1, 0.15) is 46.3 Å². The van der Waals surface area contributed by atoms with Crippen molar-refractivity contribution in [2.24, 2.45) is 0 Å². The van der Waals surface area contributed by atoms with E-state index in [2.05, 4.69) is 42.3 Å². The minimum atomic E-state index is -0.0519. The summed E-state index contributed by atoms with van der Waals surface area (Å²) in [6.45, 7) is 6.26. The molecule has 6 nitrogen and oxygen atoms in total. The highest BCUT2D eigenvalue weighted by Gasteiger charge is 2.18. The standard InChI is InChI=1S/C26H30N4O2S/c1-19-6-7-20(2)23(16-19)30-15-12-27-26(30)33-18-24(31)28-17-21-8-10-22(11-9-21)25(32)29-13-4-3-5-14-29/h6-12,15-16H,3-5,13-14,17-18H2,1-2H3,(H,28,31). The topological polar surface area (TPSA) is 67.2 Å². The third-order valence-corrected chi connectivity index (χ3v) is 6.86. The second-order valence-corrected chi connectivity index (χ2v) is 9.43.